The first-order chi connectivity index (χ1) is 5.88. The number of rotatable bonds is 0. The summed E-state index contributed by atoms with van der Waals surface area (Å²) in [6.45, 7) is 4.00. The van der Waals surface area contributed by atoms with Crippen molar-refractivity contribution in [3.63, 3.8) is 0 Å². The molecule has 0 bridgehead atoms. The molecular formula is C8H11N3S. The Hall–Kier alpha value is -1.16. The third kappa shape index (κ3) is 1.53. The van der Waals surface area contributed by atoms with E-state index in [4.69, 9.17) is 12.2 Å². The van der Waals surface area contributed by atoms with Crippen molar-refractivity contribution in [1.82, 2.24) is 15.0 Å². The fraction of sp³-hybridized carbons (Fsp3) is 0.250. The predicted molar refractivity (Wildman–Crippen MR) is 52.6 cm³/mol. The number of aromatic amines is 2. The Morgan fingerprint density at radius 3 is 2.75 bits per heavy atom. The van der Waals surface area contributed by atoms with Crippen molar-refractivity contribution >= 4 is 23.3 Å². The van der Waals surface area contributed by atoms with Gasteiger partial charge in [-0.25, -0.2) is 4.98 Å². The smallest absolute Gasteiger partial charge is 0.138 e. The molecule has 0 atom stereocenters. The Morgan fingerprint density at radius 2 is 2.08 bits per heavy atom. The molecule has 2 aromatic heterocycles. The van der Waals surface area contributed by atoms with Gasteiger partial charge in [0.15, 0.2) is 0 Å². The molecule has 0 unspecified atom stereocenters. The van der Waals surface area contributed by atoms with Gasteiger partial charge in [-0.3, -0.25) is 0 Å². The number of H-pyrrole nitrogens is 2. The third-order valence-electron chi connectivity index (χ3n) is 1.37. The van der Waals surface area contributed by atoms with Crippen molar-refractivity contribution in [3.8, 4) is 0 Å². The molecule has 4 heteroatoms. The minimum Gasteiger partial charge on any atom is -0.348 e. The minimum atomic E-state index is 0.634. The van der Waals surface area contributed by atoms with Gasteiger partial charge >= 0.3 is 0 Å². The van der Waals surface area contributed by atoms with Crippen LogP contribution in [0.25, 0.3) is 11.0 Å². The van der Waals surface area contributed by atoms with E-state index in [0.29, 0.717) is 4.64 Å². The molecule has 2 heterocycles. The van der Waals surface area contributed by atoms with Gasteiger partial charge in [-0.15, -0.1) is 0 Å². The van der Waals surface area contributed by atoms with Crippen LogP contribution in [0.2, 0.25) is 0 Å². The highest BCUT2D eigenvalue weighted by Gasteiger charge is 1.92. The van der Waals surface area contributed by atoms with Crippen LogP contribution in [0.3, 0.4) is 0 Å². The zero-order valence-electron chi connectivity index (χ0n) is 7.09. The average molecular weight is 181 g/mol. The lowest BCUT2D eigenvalue weighted by Gasteiger charge is -1.86. The average Bonchev–Trinajstić information content (AvgIpc) is 2.57. The standard InChI is InChI=1S/C6H5N3S.C2H6/c10-6-4-1-2-7-5(4)8-3-9-6;1-2/h1-3H,(H2,7,8,9,10);1-2H3. The summed E-state index contributed by atoms with van der Waals surface area (Å²) in [6, 6.07) is 1.90. The highest BCUT2D eigenvalue weighted by atomic mass is 32.1. The van der Waals surface area contributed by atoms with E-state index in [0.717, 1.165) is 11.0 Å². The van der Waals surface area contributed by atoms with Gasteiger partial charge in [-0.1, -0.05) is 26.1 Å². The molecule has 2 N–H and O–H groups in total. The SMILES string of the molecule is CC.S=c1nc[nH]c2[nH]ccc12. The maximum absolute atomic E-state index is 4.96. The van der Waals surface area contributed by atoms with Crippen LogP contribution < -0.4 is 0 Å². The Morgan fingerprint density at radius 1 is 1.33 bits per heavy atom. The second kappa shape index (κ2) is 4.01. The van der Waals surface area contributed by atoms with Crippen LogP contribution in [0.1, 0.15) is 13.8 Å². The zero-order valence-corrected chi connectivity index (χ0v) is 7.90. The third-order valence-corrected chi connectivity index (χ3v) is 1.69. The van der Waals surface area contributed by atoms with Crippen molar-refractivity contribution < 1.29 is 0 Å². The van der Waals surface area contributed by atoms with Crippen molar-refractivity contribution in [2.45, 2.75) is 13.8 Å². The molecule has 2 rings (SSSR count). The molecule has 0 radical (unpaired) electrons. The molecule has 0 fully saturated rings. The number of nitrogens with zero attached hydrogens (tertiary/aromatic N) is 1. The second-order valence-electron chi connectivity index (χ2n) is 1.97. The Balaban J connectivity index is 0.000000336. The van der Waals surface area contributed by atoms with E-state index in [1.54, 1.807) is 6.33 Å². The summed E-state index contributed by atoms with van der Waals surface area (Å²) in [4.78, 5) is 9.86. The van der Waals surface area contributed by atoms with Crippen LogP contribution in [-0.2, 0) is 0 Å². The molecule has 0 aliphatic rings. The molecule has 0 amide bonds. The van der Waals surface area contributed by atoms with E-state index >= 15 is 0 Å². The lowest BCUT2D eigenvalue weighted by molar-refractivity contribution is 1.19. The first-order valence-electron chi connectivity index (χ1n) is 3.89. The van der Waals surface area contributed by atoms with Crippen LogP contribution in [-0.4, -0.2) is 15.0 Å². The molecule has 0 aliphatic carbocycles. The zero-order chi connectivity index (χ0) is 8.97. The van der Waals surface area contributed by atoms with Crippen molar-refractivity contribution in [2.24, 2.45) is 0 Å². The summed E-state index contributed by atoms with van der Waals surface area (Å²) in [7, 11) is 0. The van der Waals surface area contributed by atoms with Gasteiger partial charge in [0.1, 0.15) is 10.3 Å². The fourth-order valence-electron chi connectivity index (χ4n) is 0.892. The maximum atomic E-state index is 4.96. The molecule has 2 aromatic rings. The van der Waals surface area contributed by atoms with Crippen LogP contribution >= 0.6 is 12.2 Å². The number of hydrogen-bond acceptors (Lipinski definition) is 2. The van der Waals surface area contributed by atoms with Crippen LogP contribution in [0.5, 0.6) is 0 Å². The summed E-state index contributed by atoms with van der Waals surface area (Å²) in [6.07, 6.45) is 3.42. The molecule has 0 aromatic carbocycles. The molecule has 0 spiro atoms. The van der Waals surface area contributed by atoms with E-state index in [2.05, 4.69) is 15.0 Å². The Labute approximate surface area is 75.9 Å². The number of fused-ring (bicyclic) bond motifs is 1. The molecular weight excluding hydrogens is 170 g/mol. The van der Waals surface area contributed by atoms with Crippen molar-refractivity contribution in [3.05, 3.63) is 23.2 Å². The van der Waals surface area contributed by atoms with Crippen LogP contribution in [0.4, 0.5) is 0 Å². The predicted octanol–water partition coefficient (Wildman–Crippen LogP) is 2.65. The van der Waals surface area contributed by atoms with Gasteiger partial charge in [-0.2, -0.15) is 0 Å². The number of hydrogen-bond donors (Lipinski definition) is 2. The summed E-state index contributed by atoms with van der Waals surface area (Å²) >= 11 is 4.96. The van der Waals surface area contributed by atoms with Gasteiger partial charge in [0.25, 0.3) is 0 Å². The molecule has 64 valence electrons. The van der Waals surface area contributed by atoms with E-state index in [-0.39, 0.29) is 0 Å². The van der Waals surface area contributed by atoms with E-state index < -0.39 is 0 Å². The van der Waals surface area contributed by atoms with Gasteiger partial charge < -0.3 is 9.97 Å². The van der Waals surface area contributed by atoms with Crippen LogP contribution in [0.15, 0.2) is 18.6 Å². The Kier molecular flexibility index (Phi) is 2.99. The summed E-state index contributed by atoms with van der Waals surface area (Å²) in [5.74, 6) is 0. The highest BCUT2D eigenvalue weighted by molar-refractivity contribution is 7.71. The normalized spacial score (nSPS) is 9.17. The molecule has 0 aliphatic heterocycles. The second-order valence-corrected chi connectivity index (χ2v) is 2.36. The van der Waals surface area contributed by atoms with Crippen LogP contribution in [0, 0.1) is 4.64 Å². The molecule has 3 nitrogen and oxygen atoms in total. The van der Waals surface area contributed by atoms with Crippen molar-refractivity contribution in [1.29, 1.82) is 0 Å². The van der Waals surface area contributed by atoms with E-state index in [1.807, 2.05) is 26.1 Å². The quantitative estimate of drug-likeness (QED) is 0.614. The first-order valence-corrected chi connectivity index (χ1v) is 4.29. The Bertz CT molecular complexity index is 402. The fourth-order valence-corrected chi connectivity index (χ4v) is 1.11. The molecule has 0 saturated carbocycles. The molecule has 12 heavy (non-hydrogen) atoms. The summed E-state index contributed by atoms with van der Waals surface area (Å²) in [5.41, 5.74) is 0.931. The number of nitrogens with one attached hydrogen (secondary N) is 2. The highest BCUT2D eigenvalue weighted by Crippen LogP contribution is 2.07. The van der Waals surface area contributed by atoms with Gasteiger partial charge in [0, 0.05) is 6.20 Å². The largest absolute Gasteiger partial charge is 0.348 e. The van der Waals surface area contributed by atoms with E-state index in [9.17, 15) is 0 Å². The van der Waals surface area contributed by atoms with Gasteiger partial charge in [0.05, 0.1) is 11.7 Å². The van der Waals surface area contributed by atoms with Crippen molar-refractivity contribution in [2.75, 3.05) is 0 Å². The van der Waals surface area contributed by atoms with Gasteiger partial charge in [-0.05, 0) is 6.07 Å². The van der Waals surface area contributed by atoms with E-state index in [1.165, 1.54) is 0 Å². The lowest BCUT2D eigenvalue weighted by Crippen LogP contribution is -1.78. The summed E-state index contributed by atoms with van der Waals surface area (Å²) < 4.78 is 0.634. The molecule has 0 saturated heterocycles. The lowest BCUT2D eigenvalue weighted by atomic mass is 10.4. The minimum absolute atomic E-state index is 0.634. The number of aromatic nitrogens is 3. The first kappa shape index (κ1) is 8.93. The monoisotopic (exact) mass is 181 g/mol. The van der Waals surface area contributed by atoms with Gasteiger partial charge in [0.2, 0.25) is 0 Å². The maximum Gasteiger partial charge on any atom is 0.138 e. The topological polar surface area (TPSA) is 44.5 Å². The summed E-state index contributed by atoms with van der Waals surface area (Å²) in [5, 5.41) is 0.970.